The molecule has 1 amide bonds. The van der Waals surface area contributed by atoms with E-state index in [4.69, 9.17) is 4.74 Å². The minimum atomic E-state index is -0.520. The van der Waals surface area contributed by atoms with Gasteiger partial charge in [-0.2, -0.15) is 0 Å². The average Bonchev–Trinajstić information content (AvgIpc) is 3.34. The lowest BCUT2D eigenvalue weighted by Gasteiger charge is -2.07. The summed E-state index contributed by atoms with van der Waals surface area (Å²) in [5, 5.41) is 3.14. The van der Waals surface area contributed by atoms with E-state index in [9.17, 15) is 9.18 Å². The van der Waals surface area contributed by atoms with E-state index in [1.165, 1.54) is 30.6 Å². The van der Waals surface area contributed by atoms with Gasteiger partial charge < -0.3 is 9.30 Å². The molecule has 0 atom stereocenters. The normalized spacial score (nSPS) is 10.7. The van der Waals surface area contributed by atoms with Crippen LogP contribution in [0.5, 0.6) is 5.75 Å². The Balaban J connectivity index is 1.74. The van der Waals surface area contributed by atoms with Crippen molar-refractivity contribution in [3.63, 3.8) is 0 Å². The summed E-state index contributed by atoms with van der Waals surface area (Å²) in [6.07, 6.45) is 3.55. The van der Waals surface area contributed by atoms with Crippen LogP contribution in [-0.2, 0) is 7.05 Å². The van der Waals surface area contributed by atoms with Crippen LogP contribution in [0.1, 0.15) is 10.4 Å². The fourth-order valence-electron chi connectivity index (χ4n) is 2.92. The standard InChI is InChI=1S/C21H17FN4O2S/c1-26-11-10-23-19(26)18-17(13-6-4-3-5-7-13)24-21(29-18)25-20(27)15-12-14(22)8-9-16(15)28-2/h3-12H,1-2H3,(H,24,25,27). The van der Waals surface area contributed by atoms with Gasteiger partial charge in [-0.15, -0.1) is 0 Å². The number of amides is 1. The first-order valence-electron chi connectivity index (χ1n) is 8.75. The van der Waals surface area contributed by atoms with Crippen LogP contribution in [0, 0.1) is 5.82 Å². The summed E-state index contributed by atoms with van der Waals surface area (Å²) in [7, 11) is 3.33. The van der Waals surface area contributed by atoms with Crippen molar-refractivity contribution < 1.29 is 13.9 Å². The van der Waals surface area contributed by atoms with Crippen molar-refractivity contribution in [2.75, 3.05) is 12.4 Å². The third kappa shape index (κ3) is 3.74. The number of thiazole rings is 1. The number of rotatable bonds is 5. The number of halogens is 1. The van der Waals surface area contributed by atoms with Crippen molar-refractivity contribution in [2.45, 2.75) is 0 Å². The number of anilines is 1. The molecule has 0 bridgehead atoms. The van der Waals surface area contributed by atoms with Crippen LogP contribution < -0.4 is 10.1 Å². The maximum absolute atomic E-state index is 13.6. The van der Waals surface area contributed by atoms with E-state index in [0.717, 1.165) is 22.3 Å². The second-order valence-electron chi connectivity index (χ2n) is 6.22. The first-order chi connectivity index (χ1) is 14.1. The Bertz CT molecular complexity index is 1170. The van der Waals surface area contributed by atoms with Crippen molar-refractivity contribution in [3.8, 4) is 27.7 Å². The van der Waals surface area contributed by atoms with Gasteiger partial charge in [0, 0.05) is 25.0 Å². The van der Waals surface area contributed by atoms with Gasteiger partial charge in [0.1, 0.15) is 11.6 Å². The molecule has 4 rings (SSSR count). The fraction of sp³-hybridized carbons (Fsp3) is 0.0952. The van der Waals surface area contributed by atoms with E-state index >= 15 is 0 Å². The molecule has 0 saturated heterocycles. The first kappa shape index (κ1) is 18.8. The van der Waals surface area contributed by atoms with Crippen molar-refractivity contribution in [2.24, 2.45) is 7.05 Å². The maximum atomic E-state index is 13.6. The summed E-state index contributed by atoms with van der Waals surface area (Å²) in [5.74, 6) is 0.00752. The predicted molar refractivity (Wildman–Crippen MR) is 111 cm³/mol. The van der Waals surface area contributed by atoms with Crippen molar-refractivity contribution >= 4 is 22.4 Å². The molecule has 8 heteroatoms. The topological polar surface area (TPSA) is 69.0 Å². The van der Waals surface area contributed by atoms with Gasteiger partial charge in [0.2, 0.25) is 0 Å². The molecule has 4 aromatic rings. The minimum Gasteiger partial charge on any atom is -0.496 e. The highest BCUT2D eigenvalue weighted by atomic mass is 32.1. The molecular weight excluding hydrogens is 391 g/mol. The van der Waals surface area contributed by atoms with Gasteiger partial charge in [-0.05, 0) is 18.2 Å². The Kier molecular flexibility index (Phi) is 5.09. The molecule has 0 aliphatic carbocycles. The van der Waals surface area contributed by atoms with Crippen molar-refractivity contribution in [3.05, 3.63) is 72.3 Å². The lowest BCUT2D eigenvalue weighted by atomic mass is 10.1. The van der Waals surface area contributed by atoms with Crippen molar-refractivity contribution in [1.29, 1.82) is 0 Å². The molecule has 2 aromatic heterocycles. The van der Waals surface area contributed by atoms with Crippen molar-refractivity contribution in [1.82, 2.24) is 14.5 Å². The molecule has 0 saturated carbocycles. The predicted octanol–water partition coefficient (Wildman–Crippen LogP) is 4.61. The number of hydrogen-bond acceptors (Lipinski definition) is 5. The molecule has 0 aliphatic heterocycles. The number of benzene rings is 2. The zero-order chi connectivity index (χ0) is 20.4. The maximum Gasteiger partial charge on any atom is 0.261 e. The highest BCUT2D eigenvalue weighted by Crippen LogP contribution is 2.38. The molecule has 0 aliphatic rings. The third-order valence-electron chi connectivity index (χ3n) is 4.33. The number of ether oxygens (including phenoxy) is 1. The van der Waals surface area contributed by atoms with Gasteiger partial charge in [-0.25, -0.2) is 14.4 Å². The van der Waals surface area contributed by atoms with E-state index in [-0.39, 0.29) is 11.3 Å². The fourth-order valence-corrected chi connectivity index (χ4v) is 3.95. The first-order valence-corrected chi connectivity index (χ1v) is 9.57. The molecule has 0 spiro atoms. The number of nitrogens with zero attached hydrogens (tertiary/aromatic N) is 3. The van der Waals surface area contributed by atoms with Crippen LogP contribution in [0.15, 0.2) is 60.9 Å². The van der Waals surface area contributed by atoms with Gasteiger partial charge in [0.05, 0.1) is 23.2 Å². The summed E-state index contributed by atoms with van der Waals surface area (Å²) < 4.78 is 20.7. The lowest BCUT2D eigenvalue weighted by Crippen LogP contribution is -2.13. The highest BCUT2D eigenvalue weighted by molar-refractivity contribution is 7.19. The van der Waals surface area contributed by atoms with Crippen LogP contribution >= 0.6 is 11.3 Å². The third-order valence-corrected chi connectivity index (χ3v) is 5.29. The highest BCUT2D eigenvalue weighted by Gasteiger charge is 2.21. The summed E-state index contributed by atoms with van der Waals surface area (Å²) in [4.78, 5) is 22.6. The van der Waals surface area contributed by atoms with E-state index in [1.807, 2.05) is 48.1 Å². The van der Waals surface area contributed by atoms with Crippen LogP contribution in [0.2, 0.25) is 0 Å². The second kappa shape index (κ2) is 7.84. The second-order valence-corrected chi connectivity index (χ2v) is 7.22. The Labute approximate surface area is 170 Å². The zero-order valence-corrected chi connectivity index (χ0v) is 16.5. The Morgan fingerprint density at radius 2 is 2.00 bits per heavy atom. The quantitative estimate of drug-likeness (QED) is 0.524. The molecule has 0 unspecified atom stereocenters. The van der Waals surface area contributed by atoms with E-state index in [2.05, 4.69) is 15.3 Å². The smallest absolute Gasteiger partial charge is 0.261 e. The molecule has 2 aromatic carbocycles. The van der Waals surface area contributed by atoms with E-state index in [0.29, 0.717) is 10.8 Å². The van der Waals surface area contributed by atoms with Gasteiger partial charge >= 0.3 is 0 Å². The number of aromatic nitrogens is 3. The number of nitrogens with one attached hydrogen (secondary N) is 1. The number of imidazole rings is 1. The minimum absolute atomic E-state index is 0.0995. The number of aryl methyl sites for hydroxylation is 1. The largest absolute Gasteiger partial charge is 0.496 e. The Morgan fingerprint density at radius 1 is 1.21 bits per heavy atom. The molecule has 1 N–H and O–H groups in total. The lowest BCUT2D eigenvalue weighted by molar-refractivity contribution is 0.102. The van der Waals surface area contributed by atoms with Gasteiger partial charge in [0.25, 0.3) is 5.91 Å². The molecule has 6 nitrogen and oxygen atoms in total. The molecule has 0 fully saturated rings. The zero-order valence-electron chi connectivity index (χ0n) is 15.7. The average molecular weight is 408 g/mol. The summed E-state index contributed by atoms with van der Waals surface area (Å²) in [6, 6.07) is 13.5. The monoisotopic (exact) mass is 408 g/mol. The Hall–Kier alpha value is -3.52. The van der Waals surface area contributed by atoms with Crippen LogP contribution in [0.3, 0.4) is 0 Å². The number of carbonyl (C=O) groups excluding carboxylic acids is 1. The molecular formula is C21H17FN4O2S. The molecule has 29 heavy (non-hydrogen) atoms. The van der Waals surface area contributed by atoms with Gasteiger partial charge in [-0.1, -0.05) is 41.7 Å². The number of hydrogen-bond donors (Lipinski definition) is 1. The summed E-state index contributed by atoms with van der Waals surface area (Å²) >= 11 is 1.31. The molecule has 0 radical (unpaired) electrons. The summed E-state index contributed by atoms with van der Waals surface area (Å²) in [5.41, 5.74) is 1.72. The van der Waals surface area contributed by atoms with E-state index in [1.54, 1.807) is 6.20 Å². The number of carbonyl (C=O) groups is 1. The van der Waals surface area contributed by atoms with Crippen LogP contribution in [-0.4, -0.2) is 27.6 Å². The molecule has 146 valence electrons. The molecule has 2 heterocycles. The van der Waals surface area contributed by atoms with Crippen LogP contribution in [0.4, 0.5) is 9.52 Å². The van der Waals surface area contributed by atoms with Gasteiger partial charge in [-0.3, -0.25) is 10.1 Å². The van der Waals surface area contributed by atoms with E-state index < -0.39 is 11.7 Å². The van der Waals surface area contributed by atoms with Crippen LogP contribution in [0.25, 0.3) is 22.0 Å². The number of methoxy groups -OCH3 is 1. The Morgan fingerprint density at radius 3 is 2.69 bits per heavy atom. The SMILES string of the molecule is COc1ccc(F)cc1C(=O)Nc1nc(-c2ccccc2)c(-c2nccn2C)s1. The van der Waals surface area contributed by atoms with Gasteiger partial charge in [0.15, 0.2) is 11.0 Å². The summed E-state index contributed by atoms with van der Waals surface area (Å²) in [6.45, 7) is 0.